The first kappa shape index (κ1) is 13.8. The molecule has 104 valence electrons. The minimum atomic E-state index is 0.276. The molecular weight excluding hydrogens is 308 g/mol. The molecule has 0 bridgehead atoms. The number of alkyl halides is 1. The van der Waals surface area contributed by atoms with Gasteiger partial charge in [0.05, 0.1) is 5.60 Å². The second-order valence-corrected chi connectivity index (χ2v) is 8.76. The van der Waals surface area contributed by atoms with Crippen molar-refractivity contribution in [2.45, 2.75) is 61.8 Å². The Morgan fingerprint density at radius 1 is 1.06 bits per heavy atom. The average Bonchev–Trinajstić information content (AvgIpc) is 2.40. The third-order valence-corrected chi connectivity index (χ3v) is 7.40. The number of rotatable bonds is 1. The molecule has 0 aromatic heterocycles. The first-order valence-corrected chi connectivity index (χ1v) is 9.72. The van der Waals surface area contributed by atoms with Gasteiger partial charge in [0.15, 0.2) is 0 Å². The first-order chi connectivity index (χ1) is 8.79. The largest absolute Gasteiger partial charge is 0.375 e. The second kappa shape index (κ2) is 6.05. The van der Waals surface area contributed by atoms with Crippen LogP contribution in [0, 0.1) is 11.8 Å². The van der Waals surface area contributed by atoms with Gasteiger partial charge in [-0.25, -0.2) is 0 Å². The molecule has 3 atom stereocenters. The summed E-state index contributed by atoms with van der Waals surface area (Å²) >= 11 is 6.07. The summed E-state index contributed by atoms with van der Waals surface area (Å²) in [6, 6.07) is 0. The van der Waals surface area contributed by atoms with Crippen LogP contribution in [0.5, 0.6) is 0 Å². The van der Waals surface area contributed by atoms with Gasteiger partial charge >= 0.3 is 0 Å². The summed E-state index contributed by atoms with van der Waals surface area (Å²) in [5.74, 6) is 4.48. The smallest absolute Gasteiger partial charge is 0.0701 e. The van der Waals surface area contributed by atoms with Crippen LogP contribution in [0.2, 0.25) is 0 Å². The molecule has 0 N–H and O–H groups in total. The van der Waals surface area contributed by atoms with E-state index in [9.17, 15) is 0 Å². The molecule has 2 heterocycles. The molecule has 1 nitrogen and oxygen atoms in total. The molecule has 3 unspecified atom stereocenters. The van der Waals surface area contributed by atoms with Gasteiger partial charge in [-0.1, -0.05) is 28.8 Å². The molecule has 0 aromatic carbocycles. The van der Waals surface area contributed by atoms with Gasteiger partial charge in [-0.15, -0.1) is 0 Å². The maximum atomic E-state index is 6.23. The Morgan fingerprint density at radius 2 is 1.83 bits per heavy atom. The van der Waals surface area contributed by atoms with Gasteiger partial charge in [-0.3, -0.25) is 0 Å². The molecule has 0 aromatic rings. The summed E-state index contributed by atoms with van der Waals surface area (Å²) in [5, 5.41) is 0. The molecule has 2 aliphatic heterocycles. The lowest BCUT2D eigenvalue weighted by molar-refractivity contribution is -0.112. The highest BCUT2D eigenvalue weighted by Gasteiger charge is 2.42. The standard InChI is InChI=1S/C15H25BrOS/c16-14-4-2-1-3-13(14)12-5-8-17-15(11-12)6-9-18-10-7-15/h12-14H,1-11H2. The van der Waals surface area contributed by atoms with Gasteiger partial charge in [-0.05, 0) is 61.9 Å². The summed E-state index contributed by atoms with van der Waals surface area (Å²) < 4.78 is 6.23. The van der Waals surface area contributed by atoms with Crippen LogP contribution in [0.1, 0.15) is 51.4 Å². The van der Waals surface area contributed by atoms with Crippen LogP contribution >= 0.6 is 27.7 Å². The fourth-order valence-corrected chi connectivity index (χ4v) is 6.42. The predicted octanol–water partition coefficient (Wildman–Crippen LogP) is 4.63. The third kappa shape index (κ3) is 2.93. The van der Waals surface area contributed by atoms with E-state index in [0.717, 1.165) is 23.3 Å². The maximum Gasteiger partial charge on any atom is 0.0701 e. The van der Waals surface area contributed by atoms with E-state index < -0.39 is 0 Å². The Kier molecular flexibility index (Phi) is 4.62. The molecule has 1 aliphatic carbocycles. The van der Waals surface area contributed by atoms with Crippen LogP contribution in [0.3, 0.4) is 0 Å². The Hall–Kier alpha value is 0.790. The quantitative estimate of drug-likeness (QED) is 0.647. The molecular formula is C15H25BrOS. The summed E-state index contributed by atoms with van der Waals surface area (Å²) in [6.07, 6.45) is 11.0. The Morgan fingerprint density at radius 3 is 2.61 bits per heavy atom. The number of hydrogen-bond donors (Lipinski definition) is 0. The van der Waals surface area contributed by atoms with Gasteiger partial charge in [0.1, 0.15) is 0 Å². The predicted molar refractivity (Wildman–Crippen MR) is 82.6 cm³/mol. The minimum Gasteiger partial charge on any atom is -0.375 e. The average molecular weight is 333 g/mol. The molecule has 1 saturated carbocycles. The topological polar surface area (TPSA) is 9.23 Å². The minimum absolute atomic E-state index is 0.276. The van der Waals surface area contributed by atoms with E-state index >= 15 is 0 Å². The van der Waals surface area contributed by atoms with Crippen LogP contribution in [0.15, 0.2) is 0 Å². The SMILES string of the molecule is BrC1CCCCC1C1CCOC2(CCSCC2)C1. The Bertz CT molecular complexity index is 272. The number of halogens is 1. The van der Waals surface area contributed by atoms with Crippen molar-refractivity contribution in [2.24, 2.45) is 11.8 Å². The zero-order valence-electron chi connectivity index (χ0n) is 11.2. The van der Waals surface area contributed by atoms with E-state index in [2.05, 4.69) is 27.7 Å². The van der Waals surface area contributed by atoms with E-state index in [-0.39, 0.29) is 5.60 Å². The van der Waals surface area contributed by atoms with Crippen molar-refractivity contribution in [3.63, 3.8) is 0 Å². The summed E-state index contributed by atoms with van der Waals surface area (Å²) in [6.45, 7) is 1.02. The molecule has 3 fully saturated rings. The van der Waals surface area contributed by atoms with Gasteiger partial charge in [-0.2, -0.15) is 11.8 Å². The molecule has 3 heteroatoms. The van der Waals surface area contributed by atoms with Crippen molar-refractivity contribution in [2.75, 3.05) is 18.1 Å². The van der Waals surface area contributed by atoms with Crippen molar-refractivity contribution in [1.29, 1.82) is 0 Å². The zero-order valence-corrected chi connectivity index (χ0v) is 13.6. The Balaban J connectivity index is 1.65. The molecule has 3 aliphatic rings. The highest BCUT2D eigenvalue weighted by Crippen LogP contribution is 2.46. The van der Waals surface area contributed by atoms with Crippen molar-refractivity contribution >= 4 is 27.7 Å². The number of ether oxygens (including phenoxy) is 1. The fraction of sp³-hybridized carbons (Fsp3) is 1.00. The van der Waals surface area contributed by atoms with E-state index in [1.165, 1.54) is 62.9 Å². The third-order valence-electron chi connectivity index (χ3n) is 5.27. The van der Waals surface area contributed by atoms with Crippen molar-refractivity contribution in [1.82, 2.24) is 0 Å². The molecule has 3 rings (SSSR count). The molecule has 1 spiro atoms. The van der Waals surface area contributed by atoms with Crippen molar-refractivity contribution < 1.29 is 4.74 Å². The summed E-state index contributed by atoms with van der Waals surface area (Å²) in [4.78, 5) is 0.782. The van der Waals surface area contributed by atoms with Crippen LogP contribution in [0.25, 0.3) is 0 Å². The lowest BCUT2D eigenvalue weighted by atomic mass is 9.71. The van der Waals surface area contributed by atoms with Gasteiger partial charge in [0.25, 0.3) is 0 Å². The first-order valence-electron chi connectivity index (χ1n) is 7.65. The Labute approximate surface area is 124 Å². The van der Waals surface area contributed by atoms with Gasteiger partial charge in [0.2, 0.25) is 0 Å². The fourth-order valence-electron chi connectivity index (χ4n) is 4.17. The van der Waals surface area contributed by atoms with Crippen LogP contribution < -0.4 is 0 Å². The van der Waals surface area contributed by atoms with Gasteiger partial charge < -0.3 is 4.74 Å². The normalized spacial score (nSPS) is 40.8. The maximum absolute atomic E-state index is 6.23. The van der Waals surface area contributed by atoms with Crippen molar-refractivity contribution in [3.8, 4) is 0 Å². The van der Waals surface area contributed by atoms with E-state index in [0.29, 0.717) is 0 Å². The highest BCUT2D eigenvalue weighted by atomic mass is 79.9. The molecule has 2 saturated heterocycles. The van der Waals surface area contributed by atoms with Crippen molar-refractivity contribution in [3.05, 3.63) is 0 Å². The van der Waals surface area contributed by atoms with Crippen LogP contribution in [0.4, 0.5) is 0 Å². The molecule has 0 amide bonds. The second-order valence-electron chi connectivity index (χ2n) is 6.36. The highest BCUT2D eigenvalue weighted by molar-refractivity contribution is 9.09. The molecule has 0 radical (unpaired) electrons. The molecule has 18 heavy (non-hydrogen) atoms. The number of hydrogen-bond acceptors (Lipinski definition) is 2. The van der Waals surface area contributed by atoms with E-state index in [1.807, 2.05) is 0 Å². The summed E-state index contributed by atoms with van der Waals surface area (Å²) in [5.41, 5.74) is 0.276. The van der Waals surface area contributed by atoms with Crippen LogP contribution in [-0.4, -0.2) is 28.5 Å². The van der Waals surface area contributed by atoms with E-state index in [4.69, 9.17) is 4.74 Å². The zero-order chi connectivity index (χ0) is 12.4. The van der Waals surface area contributed by atoms with E-state index in [1.54, 1.807) is 0 Å². The number of thioether (sulfide) groups is 1. The lowest BCUT2D eigenvalue weighted by Gasteiger charge is -2.47. The monoisotopic (exact) mass is 332 g/mol. The van der Waals surface area contributed by atoms with Crippen LogP contribution in [-0.2, 0) is 4.74 Å². The lowest BCUT2D eigenvalue weighted by Crippen LogP contribution is -2.45. The van der Waals surface area contributed by atoms with Gasteiger partial charge in [0, 0.05) is 11.4 Å². The summed E-state index contributed by atoms with van der Waals surface area (Å²) in [7, 11) is 0.